The minimum atomic E-state index is -0.924. The van der Waals surface area contributed by atoms with Crippen molar-refractivity contribution in [1.29, 1.82) is 0 Å². The largest absolute Gasteiger partial charge is 0.481 e. The van der Waals surface area contributed by atoms with Crippen LogP contribution in [0, 0.1) is 0 Å². The number of carbonyl (C=O) groups is 2. The average molecular weight is 241 g/mol. The van der Waals surface area contributed by atoms with Crippen LogP contribution in [0.3, 0.4) is 0 Å². The Balaban J connectivity index is 2.18. The van der Waals surface area contributed by atoms with E-state index in [2.05, 4.69) is 15.5 Å². The lowest BCUT2D eigenvalue weighted by molar-refractivity contribution is -0.133. The zero-order chi connectivity index (χ0) is 11.8. The molecule has 0 spiro atoms. The Morgan fingerprint density at radius 1 is 1.44 bits per heavy atom. The van der Waals surface area contributed by atoms with Gasteiger partial charge in [-0.2, -0.15) is 10.2 Å². The molecule has 1 amide bonds. The number of rotatable bonds is 6. The highest BCUT2D eigenvalue weighted by molar-refractivity contribution is 8.00. The number of carboxylic acids is 1. The molecule has 1 aromatic rings. The van der Waals surface area contributed by atoms with Crippen LogP contribution < -0.4 is 5.32 Å². The summed E-state index contributed by atoms with van der Waals surface area (Å²) < 4.78 is 0. The van der Waals surface area contributed by atoms with Crippen molar-refractivity contribution in [3.63, 3.8) is 0 Å². The first kappa shape index (κ1) is 12.4. The summed E-state index contributed by atoms with van der Waals surface area (Å²) in [6, 6.07) is 3.48. The number of aromatic nitrogens is 2. The number of nitrogens with zero attached hydrogens (tertiary/aromatic N) is 2. The van der Waals surface area contributed by atoms with E-state index in [1.807, 2.05) is 0 Å². The molecular weight excluding hydrogens is 230 g/mol. The van der Waals surface area contributed by atoms with E-state index in [0.29, 0.717) is 12.2 Å². The number of hydrogen-bond donors (Lipinski definition) is 2. The van der Waals surface area contributed by atoms with Gasteiger partial charge in [0.15, 0.2) is 0 Å². The van der Waals surface area contributed by atoms with Crippen LogP contribution in [0.2, 0.25) is 0 Å². The zero-order valence-electron chi connectivity index (χ0n) is 8.42. The van der Waals surface area contributed by atoms with Gasteiger partial charge >= 0.3 is 5.97 Å². The summed E-state index contributed by atoms with van der Waals surface area (Å²) >= 11 is 1.06. The quantitative estimate of drug-likeness (QED) is 0.723. The second-order valence-corrected chi connectivity index (χ2v) is 3.86. The summed E-state index contributed by atoms with van der Waals surface area (Å²) in [7, 11) is 0. The third-order valence-electron chi connectivity index (χ3n) is 1.55. The molecular formula is C9H11N3O3S. The Bertz CT molecular complexity index is 358. The summed E-state index contributed by atoms with van der Waals surface area (Å²) in [4.78, 5) is 21.4. The molecule has 0 aromatic carbocycles. The predicted molar refractivity (Wildman–Crippen MR) is 58.8 cm³/mol. The predicted octanol–water partition coefficient (Wildman–Crippen LogP) is -0.0894. The molecule has 6 nitrogen and oxygen atoms in total. The van der Waals surface area contributed by atoms with Gasteiger partial charge in [-0.3, -0.25) is 9.59 Å². The van der Waals surface area contributed by atoms with Gasteiger partial charge in [0, 0.05) is 6.20 Å². The van der Waals surface area contributed by atoms with E-state index in [1.165, 1.54) is 0 Å². The summed E-state index contributed by atoms with van der Waals surface area (Å²) in [6.45, 7) is 0.306. The molecule has 16 heavy (non-hydrogen) atoms. The minimum absolute atomic E-state index is 0.0709. The number of amides is 1. The maximum Gasteiger partial charge on any atom is 0.313 e. The molecule has 7 heteroatoms. The van der Waals surface area contributed by atoms with Crippen molar-refractivity contribution in [2.45, 2.75) is 6.54 Å². The highest BCUT2D eigenvalue weighted by atomic mass is 32.2. The zero-order valence-corrected chi connectivity index (χ0v) is 9.24. The molecule has 1 heterocycles. The number of nitrogens with one attached hydrogen (secondary N) is 1. The Labute approximate surface area is 96.5 Å². The van der Waals surface area contributed by atoms with Crippen LogP contribution in [0.4, 0.5) is 0 Å². The van der Waals surface area contributed by atoms with Gasteiger partial charge in [0.05, 0.1) is 23.7 Å². The summed E-state index contributed by atoms with van der Waals surface area (Å²) in [6.07, 6.45) is 1.55. The van der Waals surface area contributed by atoms with E-state index in [-0.39, 0.29) is 17.4 Å². The van der Waals surface area contributed by atoms with Gasteiger partial charge in [-0.1, -0.05) is 0 Å². The second kappa shape index (κ2) is 6.78. The van der Waals surface area contributed by atoms with E-state index in [9.17, 15) is 9.59 Å². The molecule has 2 N–H and O–H groups in total. The first-order valence-electron chi connectivity index (χ1n) is 4.51. The molecule has 0 saturated carbocycles. The lowest BCUT2D eigenvalue weighted by atomic mass is 10.4. The molecule has 0 aliphatic rings. The van der Waals surface area contributed by atoms with Crippen LogP contribution in [0.1, 0.15) is 5.69 Å². The smallest absolute Gasteiger partial charge is 0.313 e. The van der Waals surface area contributed by atoms with Crippen LogP contribution in [-0.2, 0) is 16.1 Å². The van der Waals surface area contributed by atoms with Crippen LogP contribution in [-0.4, -0.2) is 38.7 Å². The highest BCUT2D eigenvalue weighted by Crippen LogP contribution is 1.98. The number of aliphatic carboxylic acids is 1. The van der Waals surface area contributed by atoms with E-state index >= 15 is 0 Å². The van der Waals surface area contributed by atoms with Gasteiger partial charge < -0.3 is 10.4 Å². The van der Waals surface area contributed by atoms with Crippen molar-refractivity contribution in [2.24, 2.45) is 0 Å². The van der Waals surface area contributed by atoms with Gasteiger partial charge in [-0.05, 0) is 12.1 Å². The Hall–Kier alpha value is -1.63. The van der Waals surface area contributed by atoms with Crippen LogP contribution in [0.5, 0.6) is 0 Å². The fraction of sp³-hybridized carbons (Fsp3) is 0.333. The van der Waals surface area contributed by atoms with Crippen LogP contribution in [0.15, 0.2) is 18.3 Å². The first-order valence-corrected chi connectivity index (χ1v) is 5.67. The summed E-state index contributed by atoms with van der Waals surface area (Å²) in [5.74, 6) is -1.07. The van der Waals surface area contributed by atoms with Gasteiger partial charge in [-0.15, -0.1) is 11.8 Å². The van der Waals surface area contributed by atoms with Crippen molar-refractivity contribution in [1.82, 2.24) is 15.5 Å². The van der Waals surface area contributed by atoms with E-state index in [4.69, 9.17) is 5.11 Å². The third kappa shape index (κ3) is 5.30. The van der Waals surface area contributed by atoms with Crippen molar-refractivity contribution >= 4 is 23.6 Å². The van der Waals surface area contributed by atoms with E-state index in [0.717, 1.165) is 11.8 Å². The molecule has 0 aliphatic carbocycles. The number of thioether (sulfide) groups is 1. The van der Waals surface area contributed by atoms with Gasteiger partial charge in [0.1, 0.15) is 0 Å². The molecule has 0 atom stereocenters. The van der Waals surface area contributed by atoms with Gasteiger partial charge in [0.2, 0.25) is 5.91 Å². The highest BCUT2D eigenvalue weighted by Gasteiger charge is 2.04. The maximum atomic E-state index is 11.2. The fourth-order valence-electron chi connectivity index (χ4n) is 0.899. The lowest BCUT2D eigenvalue weighted by Gasteiger charge is -2.02. The number of hydrogen-bond acceptors (Lipinski definition) is 5. The Morgan fingerprint density at radius 3 is 2.88 bits per heavy atom. The topological polar surface area (TPSA) is 92.2 Å². The van der Waals surface area contributed by atoms with Crippen molar-refractivity contribution in [2.75, 3.05) is 11.5 Å². The molecule has 1 aromatic heterocycles. The summed E-state index contributed by atoms with van der Waals surface area (Å²) in [5, 5.41) is 18.4. The molecule has 1 rings (SSSR count). The minimum Gasteiger partial charge on any atom is -0.481 e. The number of carboxylic acid groups (broad SMARTS) is 1. The molecule has 0 fully saturated rings. The van der Waals surface area contributed by atoms with E-state index < -0.39 is 5.97 Å². The lowest BCUT2D eigenvalue weighted by Crippen LogP contribution is -2.25. The SMILES string of the molecule is O=C(O)CSCC(=O)NCc1cccnn1. The Morgan fingerprint density at radius 2 is 2.25 bits per heavy atom. The third-order valence-corrected chi connectivity index (χ3v) is 2.47. The van der Waals surface area contributed by atoms with Crippen LogP contribution in [0.25, 0.3) is 0 Å². The summed E-state index contributed by atoms with van der Waals surface area (Å²) in [5.41, 5.74) is 0.666. The molecule has 0 unspecified atom stereocenters. The molecule has 0 saturated heterocycles. The fourth-order valence-corrected chi connectivity index (χ4v) is 1.46. The van der Waals surface area contributed by atoms with Crippen molar-refractivity contribution in [3.8, 4) is 0 Å². The van der Waals surface area contributed by atoms with Crippen molar-refractivity contribution in [3.05, 3.63) is 24.0 Å². The monoisotopic (exact) mass is 241 g/mol. The molecule has 0 aliphatic heterocycles. The average Bonchev–Trinajstić information content (AvgIpc) is 2.27. The Kier molecular flexibility index (Phi) is 5.27. The van der Waals surface area contributed by atoms with Gasteiger partial charge in [-0.25, -0.2) is 0 Å². The van der Waals surface area contributed by atoms with Crippen LogP contribution >= 0.6 is 11.8 Å². The molecule has 86 valence electrons. The maximum absolute atomic E-state index is 11.2. The normalized spacial score (nSPS) is 9.75. The standard InChI is InChI=1S/C9H11N3O3S/c13-8(5-16-6-9(14)15)10-4-7-2-1-3-11-12-7/h1-3H,4-6H2,(H,10,13)(H,14,15). The molecule has 0 radical (unpaired) electrons. The second-order valence-electron chi connectivity index (χ2n) is 2.88. The first-order chi connectivity index (χ1) is 7.68. The van der Waals surface area contributed by atoms with Crippen molar-refractivity contribution < 1.29 is 14.7 Å². The van der Waals surface area contributed by atoms with Gasteiger partial charge in [0.25, 0.3) is 0 Å². The van der Waals surface area contributed by atoms with E-state index in [1.54, 1.807) is 18.3 Å². The molecule has 0 bridgehead atoms. The number of carbonyl (C=O) groups excluding carboxylic acids is 1.